The third-order valence-corrected chi connectivity index (χ3v) is 6.34. The lowest BCUT2D eigenvalue weighted by molar-refractivity contribution is -0.131. The summed E-state index contributed by atoms with van der Waals surface area (Å²) in [6, 6.07) is 3.61. The van der Waals surface area contributed by atoms with Crippen molar-refractivity contribution in [2.45, 2.75) is 38.7 Å². The number of carboxylic acid groups (broad SMARTS) is 1. The van der Waals surface area contributed by atoms with Crippen molar-refractivity contribution in [3.8, 4) is 0 Å². The molecule has 172 valence electrons. The molecule has 0 bridgehead atoms. The van der Waals surface area contributed by atoms with Gasteiger partial charge in [0.1, 0.15) is 16.5 Å². The second kappa shape index (κ2) is 9.68. The van der Waals surface area contributed by atoms with E-state index in [1.165, 1.54) is 10.5 Å². The Balaban J connectivity index is 1.75. The number of carboxylic acids is 1. The number of pyridine rings is 1. The Morgan fingerprint density at radius 2 is 2.09 bits per heavy atom. The van der Waals surface area contributed by atoms with Crippen LogP contribution in [0.2, 0.25) is 0 Å². The van der Waals surface area contributed by atoms with Gasteiger partial charge in [-0.15, -0.1) is 11.3 Å². The maximum atomic E-state index is 13.2. The number of anilines is 1. The Hall–Kier alpha value is -3.30. The Morgan fingerprint density at radius 1 is 1.27 bits per heavy atom. The number of aliphatic carboxylic acids is 1. The van der Waals surface area contributed by atoms with Gasteiger partial charge >= 0.3 is 5.97 Å². The van der Waals surface area contributed by atoms with Crippen molar-refractivity contribution >= 4 is 47.0 Å². The highest BCUT2D eigenvalue weighted by atomic mass is 32.1. The number of nitrogens with zero attached hydrogens (tertiary/aromatic N) is 4. The number of aliphatic hydroxyl groups is 1. The van der Waals surface area contributed by atoms with Crippen molar-refractivity contribution in [1.29, 1.82) is 0 Å². The number of β-amino-alcohol motifs (C(OH)–C–C–N with tert-alkyl or cyclic N) is 1. The number of rotatable bonds is 6. The molecule has 0 spiro atoms. The molecule has 2 N–H and O–H groups in total. The van der Waals surface area contributed by atoms with Gasteiger partial charge in [-0.05, 0) is 48.6 Å². The van der Waals surface area contributed by atoms with Crippen LogP contribution in [0.25, 0.3) is 23.9 Å². The summed E-state index contributed by atoms with van der Waals surface area (Å²) in [7, 11) is 0. The molecular formula is C24H26N4O4S. The van der Waals surface area contributed by atoms with E-state index in [4.69, 9.17) is 10.1 Å². The zero-order valence-electron chi connectivity index (χ0n) is 18.5. The number of carbonyl (C=O) groups is 1. The third kappa shape index (κ3) is 5.20. The highest BCUT2D eigenvalue weighted by Gasteiger charge is 2.23. The van der Waals surface area contributed by atoms with Crippen molar-refractivity contribution < 1.29 is 15.0 Å². The molecule has 0 aromatic carbocycles. The fraction of sp³-hybridized carbons (Fsp3) is 0.333. The van der Waals surface area contributed by atoms with E-state index in [0.29, 0.717) is 36.9 Å². The number of piperidine rings is 1. The first kappa shape index (κ1) is 22.9. The van der Waals surface area contributed by atoms with Crippen LogP contribution in [0.1, 0.15) is 54.4 Å². The first-order valence-electron chi connectivity index (χ1n) is 10.9. The predicted molar refractivity (Wildman–Crippen MR) is 131 cm³/mol. The van der Waals surface area contributed by atoms with E-state index < -0.39 is 12.1 Å². The lowest BCUT2D eigenvalue weighted by atomic mass is 10.1. The lowest BCUT2D eigenvalue weighted by Crippen LogP contribution is -2.40. The molecule has 1 fully saturated rings. The van der Waals surface area contributed by atoms with Gasteiger partial charge in [0.05, 0.1) is 17.4 Å². The second-order valence-electron chi connectivity index (χ2n) is 8.35. The zero-order chi connectivity index (χ0) is 23.5. The highest BCUT2D eigenvalue weighted by Crippen LogP contribution is 2.23. The average molecular weight is 467 g/mol. The molecule has 0 aliphatic carbocycles. The summed E-state index contributed by atoms with van der Waals surface area (Å²) < 4.78 is 1.41. The summed E-state index contributed by atoms with van der Waals surface area (Å²) in [4.78, 5) is 35.4. The Labute approximate surface area is 195 Å². The fourth-order valence-corrected chi connectivity index (χ4v) is 4.63. The number of aliphatic hydroxyl groups excluding tert-OH is 1. The van der Waals surface area contributed by atoms with Crippen LogP contribution in [-0.4, -0.2) is 49.7 Å². The Kier molecular flexibility index (Phi) is 6.71. The van der Waals surface area contributed by atoms with Crippen LogP contribution in [0, 0.1) is 0 Å². The molecule has 3 aromatic heterocycles. The maximum Gasteiger partial charge on any atom is 0.328 e. The molecule has 1 saturated heterocycles. The molecule has 9 heteroatoms. The molecule has 1 aliphatic rings. The van der Waals surface area contributed by atoms with Gasteiger partial charge in [-0.25, -0.2) is 14.8 Å². The van der Waals surface area contributed by atoms with Crippen molar-refractivity contribution in [2.24, 2.45) is 0 Å². The monoisotopic (exact) mass is 466 g/mol. The molecule has 4 heterocycles. The largest absolute Gasteiger partial charge is 0.478 e. The van der Waals surface area contributed by atoms with Gasteiger partial charge in [-0.1, -0.05) is 19.9 Å². The fourth-order valence-electron chi connectivity index (χ4n) is 3.76. The van der Waals surface area contributed by atoms with E-state index in [2.05, 4.69) is 24.2 Å². The van der Waals surface area contributed by atoms with E-state index in [9.17, 15) is 14.7 Å². The van der Waals surface area contributed by atoms with Crippen LogP contribution in [0.5, 0.6) is 0 Å². The van der Waals surface area contributed by atoms with Crippen LogP contribution >= 0.6 is 11.3 Å². The van der Waals surface area contributed by atoms with Crippen molar-refractivity contribution in [3.63, 3.8) is 0 Å². The van der Waals surface area contributed by atoms with Crippen LogP contribution in [0.4, 0.5) is 5.82 Å². The summed E-state index contributed by atoms with van der Waals surface area (Å²) in [5.74, 6) is -0.387. The van der Waals surface area contributed by atoms with Gasteiger partial charge < -0.3 is 15.1 Å². The summed E-state index contributed by atoms with van der Waals surface area (Å²) in [5.41, 5.74) is 2.20. The van der Waals surface area contributed by atoms with Gasteiger partial charge in [0.2, 0.25) is 0 Å². The minimum absolute atomic E-state index is 0.191. The van der Waals surface area contributed by atoms with Gasteiger partial charge in [-0.3, -0.25) is 9.20 Å². The average Bonchev–Trinajstić information content (AvgIpc) is 3.26. The van der Waals surface area contributed by atoms with Crippen LogP contribution in [-0.2, 0) is 4.79 Å². The van der Waals surface area contributed by atoms with E-state index in [0.717, 1.165) is 28.8 Å². The van der Waals surface area contributed by atoms with Gasteiger partial charge in [0, 0.05) is 30.7 Å². The molecule has 0 amide bonds. The number of hydrogen-bond donors (Lipinski definition) is 2. The topological polar surface area (TPSA) is 108 Å². The first-order chi connectivity index (χ1) is 15.8. The molecule has 0 radical (unpaired) electrons. The molecule has 33 heavy (non-hydrogen) atoms. The quantitative estimate of drug-likeness (QED) is 0.535. The summed E-state index contributed by atoms with van der Waals surface area (Å²) in [6.45, 7) is 5.19. The smallest absolute Gasteiger partial charge is 0.328 e. The van der Waals surface area contributed by atoms with Gasteiger partial charge in [0.15, 0.2) is 0 Å². The summed E-state index contributed by atoms with van der Waals surface area (Å²) in [6.07, 6.45) is 8.66. The van der Waals surface area contributed by atoms with Crippen LogP contribution in [0.15, 0.2) is 34.6 Å². The Bertz CT molecular complexity index is 1290. The second-order valence-corrected chi connectivity index (χ2v) is 9.24. The molecular weight excluding hydrogens is 440 g/mol. The van der Waals surface area contributed by atoms with Crippen LogP contribution in [0.3, 0.4) is 0 Å². The summed E-state index contributed by atoms with van der Waals surface area (Å²) >= 11 is 1.58. The van der Waals surface area contributed by atoms with Gasteiger partial charge in [-0.2, -0.15) is 0 Å². The van der Waals surface area contributed by atoms with Crippen LogP contribution < -0.4 is 10.5 Å². The summed E-state index contributed by atoms with van der Waals surface area (Å²) in [5, 5.41) is 22.1. The predicted octanol–water partition coefficient (Wildman–Crippen LogP) is 3.50. The molecule has 1 atom stereocenters. The molecule has 0 saturated carbocycles. The lowest BCUT2D eigenvalue weighted by Gasteiger charge is -2.32. The normalized spacial score (nSPS) is 17.1. The number of thiazole rings is 1. The SMILES string of the molecule is CC(C)c1csc(/C=C/c2ccn3c(=O)c(/C=C/C(=O)O)c(N4CCCC(O)C4)nc3c2)n1. The molecule has 3 aromatic rings. The molecule has 1 aliphatic heterocycles. The number of aromatic nitrogens is 3. The number of hydrogen-bond acceptors (Lipinski definition) is 7. The molecule has 1 unspecified atom stereocenters. The minimum atomic E-state index is -1.15. The van der Waals surface area contributed by atoms with Gasteiger partial charge in [0.25, 0.3) is 5.56 Å². The van der Waals surface area contributed by atoms with E-state index in [1.807, 2.05) is 23.1 Å². The maximum absolute atomic E-state index is 13.2. The molecule has 4 rings (SSSR count). The number of fused-ring (bicyclic) bond motifs is 1. The van der Waals surface area contributed by atoms with Crippen molar-refractivity contribution in [2.75, 3.05) is 18.0 Å². The van der Waals surface area contributed by atoms with E-state index in [1.54, 1.807) is 23.6 Å². The third-order valence-electron chi connectivity index (χ3n) is 5.51. The first-order valence-corrected chi connectivity index (χ1v) is 11.7. The van der Waals surface area contributed by atoms with E-state index in [-0.39, 0.29) is 11.1 Å². The Morgan fingerprint density at radius 3 is 2.79 bits per heavy atom. The standard InChI is InChI=1S/C24H26N4O4S/c1-15(2)19-14-33-21(25-19)7-5-16-9-11-28-20(12-16)26-23(27-10-3-4-17(29)13-27)18(24(28)32)6-8-22(30)31/h5-9,11-12,14-15,17,29H,3-4,10,13H2,1-2H3,(H,30,31)/b7-5+,8-6+. The zero-order valence-corrected chi connectivity index (χ0v) is 19.3. The highest BCUT2D eigenvalue weighted by molar-refractivity contribution is 7.10. The van der Waals surface area contributed by atoms with Crippen molar-refractivity contribution in [1.82, 2.24) is 14.4 Å². The minimum Gasteiger partial charge on any atom is -0.478 e. The van der Waals surface area contributed by atoms with E-state index >= 15 is 0 Å². The molecule has 8 nitrogen and oxygen atoms in total. The van der Waals surface area contributed by atoms with Crippen molar-refractivity contribution in [3.05, 3.63) is 62.0 Å².